The first-order chi connectivity index (χ1) is 12.8. The Labute approximate surface area is 187 Å². The Balaban J connectivity index is 2.00. The van der Waals surface area contributed by atoms with Gasteiger partial charge >= 0.3 is 0 Å². The van der Waals surface area contributed by atoms with Gasteiger partial charge in [-0.25, -0.2) is 0 Å². The molecule has 4 unspecified atom stereocenters. The van der Waals surface area contributed by atoms with E-state index in [9.17, 15) is 10.2 Å². The summed E-state index contributed by atoms with van der Waals surface area (Å²) in [6.07, 6.45) is 17.1. The topological polar surface area (TPSA) is 40.5 Å². The normalized spacial score (nSPS) is 44.2. The summed E-state index contributed by atoms with van der Waals surface area (Å²) < 4.78 is -1.94. The zero-order valence-corrected chi connectivity index (χ0v) is 20.8. The molecule has 3 rings (SSSR count). The van der Waals surface area contributed by atoms with Gasteiger partial charge < -0.3 is 10.2 Å². The molecule has 0 radical (unpaired) electrons. The van der Waals surface area contributed by atoms with Crippen molar-refractivity contribution in [2.24, 2.45) is 28.6 Å². The second kappa shape index (κ2) is 7.51. The molecule has 0 aliphatic heterocycles. The maximum absolute atomic E-state index is 10.5. The van der Waals surface area contributed by atoms with Gasteiger partial charge in [0.15, 0.2) is 0 Å². The first kappa shape index (κ1) is 22.5. The highest BCUT2D eigenvalue weighted by atomic mass is 79.9. The number of rotatable bonds is 2. The zero-order valence-electron chi connectivity index (χ0n) is 17.7. The third kappa shape index (κ3) is 4.17. The Morgan fingerprint density at radius 3 is 1.57 bits per heavy atom. The van der Waals surface area contributed by atoms with Crippen LogP contribution in [0, 0.1) is 28.6 Å². The van der Waals surface area contributed by atoms with Crippen LogP contribution in [0.2, 0.25) is 0 Å². The van der Waals surface area contributed by atoms with E-state index < -0.39 is 9.02 Å². The summed E-state index contributed by atoms with van der Waals surface area (Å²) in [6.45, 7) is 11.2. The summed E-state index contributed by atoms with van der Waals surface area (Å²) >= 11 is 6.88. The molecule has 28 heavy (non-hydrogen) atoms. The van der Waals surface area contributed by atoms with Crippen molar-refractivity contribution in [3.8, 4) is 0 Å². The first-order valence-electron chi connectivity index (χ1n) is 10.4. The monoisotopic (exact) mass is 512 g/mol. The van der Waals surface area contributed by atoms with E-state index >= 15 is 0 Å². The lowest BCUT2D eigenvalue weighted by atomic mass is 9.57. The van der Waals surface area contributed by atoms with E-state index in [0.717, 1.165) is 18.8 Å². The molecule has 3 aliphatic carbocycles. The molecular weight excluding hydrogens is 480 g/mol. The van der Waals surface area contributed by atoms with Crippen LogP contribution in [-0.2, 0) is 0 Å². The predicted octanol–water partition coefficient (Wildman–Crippen LogP) is 6.64. The Bertz CT molecular complexity index is 678. The largest absolute Gasteiger partial charge is 0.375 e. The van der Waals surface area contributed by atoms with Crippen LogP contribution in [0.25, 0.3) is 0 Å². The highest BCUT2D eigenvalue weighted by Gasteiger charge is 2.45. The molecular formula is C24H34Br2O2. The summed E-state index contributed by atoms with van der Waals surface area (Å²) in [4.78, 5) is 0. The van der Waals surface area contributed by atoms with Crippen molar-refractivity contribution >= 4 is 31.9 Å². The number of hydrogen-bond donors (Lipinski definition) is 2. The van der Waals surface area contributed by atoms with Crippen LogP contribution in [-0.4, -0.2) is 19.2 Å². The van der Waals surface area contributed by atoms with Crippen molar-refractivity contribution in [3.05, 3.63) is 47.6 Å². The fourth-order valence-corrected chi connectivity index (χ4v) is 5.49. The smallest absolute Gasteiger partial charge is 0.144 e. The van der Waals surface area contributed by atoms with E-state index in [2.05, 4.69) is 90.8 Å². The summed E-state index contributed by atoms with van der Waals surface area (Å²) in [7, 11) is 0. The zero-order chi connectivity index (χ0) is 21.0. The van der Waals surface area contributed by atoms with Crippen molar-refractivity contribution in [2.75, 3.05) is 0 Å². The third-order valence-corrected chi connectivity index (χ3v) is 9.27. The molecule has 0 aromatic carbocycles. The van der Waals surface area contributed by atoms with E-state index in [1.807, 2.05) is 12.2 Å². The van der Waals surface area contributed by atoms with Gasteiger partial charge in [-0.3, -0.25) is 0 Å². The van der Waals surface area contributed by atoms with E-state index in [4.69, 9.17) is 0 Å². The quantitative estimate of drug-likeness (QED) is 0.406. The molecule has 1 saturated carbocycles. The van der Waals surface area contributed by atoms with Crippen molar-refractivity contribution in [2.45, 2.75) is 69.3 Å². The lowest BCUT2D eigenvalue weighted by Crippen LogP contribution is -2.39. The molecule has 0 heterocycles. The van der Waals surface area contributed by atoms with Crippen LogP contribution in [0.3, 0.4) is 0 Å². The minimum Gasteiger partial charge on any atom is -0.375 e. The molecule has 0 amide bonds. The molecule has 0 spiro atoms. The second-order valence-corrected chi connectivity index (χ2v) is 12.7. The molecule has 0 bridgehead atoms. The number of halogens is 2. The maximum Gasteiger partial charge on any atom is 0.144 e. The molecule has 2 N–H and O–H groups in total. The average Bonchev–Trinajstić information content (AvgIpc) is 2.59. The van der Waals surface area contributed by atoms with E-state index in [1.54, 1.807) is 0 Å². The molecule has 4 atom stereocenters. The van der Waals surface area contributed by atoms with E-state index in [0.29, 0.717) is 5.41 Å². The van der Waals surface area contributed by atoms with Gasteiger partial charge in [-0.2, -0.15) is 0 Å². The molecule has 0 aromatic heterocycles. The first-order valence-corrected chi connectivity index (χ1v) is 12.0. The SMILES string of the molecule is CC1C=C(C2(C3=CC(C)C(O)(Br)C=C3)CCC(C(C)(C)C)CC2)C=CC1(O)Br. The Hall–Kier alpha value is -0.160. The maximum atomic E-state index is 10.5. The van der Waals surface area contributed by atoms with Gasteiger partial charge in [0.25, 0.3) is 0 Å². The Kier molecular flexibility index (Phi) is 6.04. The highest BCUT2D eigenvalue weighted by Crippen LogP contribution is 2.56. The third-order valence-electron chi connectivity index (χ3n) is 7.30. The minimum atomic E-state index is -0.972. The van der Waals surface area contributed by atoms with Gasteiger partial charge in [0, 0.05) is 17.3 Å². The number of hydrogen-bond acceptors (Lipinski definition) is 2. The van der Waals surface area contributed by atoms with E-state index in [-0.39, 0.29) is 17.3 Å². The van der Waals surface area contributed by atoms with Crippen LogP contribution in [0.15, 0.2) is 47.6 Å². The summed E-state index contributed by atoms with van der Waals surface area (Å²) in [5, 5.41) is 21.1. The van der Waals surface area contributed by atoms with Crippen molar-refractivity contribution < 1.29 is 10.2 Å². The van der Waals surface area contributed by atoms with Crippen LogP contribution >= 0.6 is 31.9 Å². The van der Waals surface area contributed by atoms with Gasteiger partial charge in [0.2, 0.25) is 0 Å². The van der Waals surface area contributed by atoms with Gasteiger partial charge in [0.1, 0.15) is 9.02 Å². The van der Waals surface area contributed by atoms with Crippen LogP contribution in [0.4, 0.5) is 0 Å². The predicted molar refractivity (Wildman–Crippen MR) is 124 cm³/mol. The van der Waals surface area contributed by atoms with Gasteiger partial charge in [-0.15, -0.1) is 0 Å². The van der Waals surface area contributed by atoms with Crippen molar-refractivity contribution in [1.82, 2.24) is 0 Å². The second-order valence-electron chi connectivity index (χ2n) is 10.2. The lowest BCUT2D eigenvalue weighted by Gasteiger charge is -2.48. The van der Waals surface area contributed by atoms with Crippen molar-refractivity contribution in [1.29, 1.82) is 0 Å². The van der Waals surface area contributed by atoms with Crippen LogP contribution in [0.5, 0.6) is 0 Å². The highest BCUT2D eigenvalue weighted by molar-refractivity contribution is 9.10. The molecule has 2 nitrogen and oxygen atoms in total. The number of aliphatic hydroxyl groups is 2. The summed E-state index contributed by atoms with van der Waals surface area (Å²) in [5.74, 6) is 0.727. The lowest BCUT2D eigenvalue weighted by molar-refractivity contribution is 0.123. The fraction of sp³-hybridized carbons (Fsp3) is 0.667. The van der Waals surface area contributed by atoms with Gasteiger partial charge in [-0.1, -0.05) is 58.9 Å². The van der Waals surface area contributed by atoms with E-state index in [1.165, 1.54) is 24.0 Å². The number of allylic oxidation sites excluding steroid dienone is 4. The van der Waals surface area contributed by atoms with Gasteiger partial charge in [0.05, 0.1) is 0 Å². The molecule has 156 valence electrons. The standard InChI is InChI=1S/C24H34Br2O2/c1-16-14-19(8-12-23(16,25)27)22(10-6-18(7-11-22)21(3,4)5)20-9-13-24(26,28)17(2)15-20/h8-9,12-18,27-28H,6-7,10-11H2,1-5H3. The molecule has 0 aromatic rings. The average molecular weight is 514 g/mol. The molecule has 3 aliphatic rings. The number of alkyl halides is 2. The minimum absolute atomic E-state index is 0.00316. The Morgan fingerprint density at radius 1 is 0.857 bits per heavy atom. The van der Waals surface area contributed by atoms with Crippen LogP contribution < -0.4 is 0 Å². The summed E-state index contributed by atoms with van der Waals surface area (Å²) in [5.41, 5.74) is 2.88. The molecule has 0 saturated heterocycles. The van der Waals surface area contributed by atoms with Crippen LogP contribution in [0.1, 0.15) is 60.3 Å². The summed E-state index contributed by atoms with van der Waals surface area (Å²) in [6, 6.07) is 0. The van der Waals surface area contributed by atoms with Crippen molar-refractivity contribution in [3.63, 3.8) is 0 Å². The Morgan fingerprint density at radius 2 is 1.25 bits per heavy atom. The fourth-order valence-electron chi connectivity index (χ4n) is 4.96. The molecule has 4 heteroatoms. The van der Waals surface area contributed by atoms with Gasteiger partial charge in [-0.05, 0) is 92.2 Å². The molecule has 1 fully saturated rings.